The number of aromatic nitrogens is 2. The van der Waals surface area contributed by atoms with Gasteiger partial charge in [-0.15, -0.1) is 0 Å². The van der Waals surface area contributed by atoms with E-state index in [1.54, 1.807) is 19.9 Å². The molecule has 1 atom stereocenters. The molecule has 0 saturated heterocycles. The summed E-state index contributed by atoms with van der Waals surface area (Å²) in [7, 11) is 0. The number of carbonyl (C=O) groups is 1. The van der Waals surface area contributed by atoms with Crippen molar-refractivity contribution in [1.29, 1.82) is 0 Å². The summed E-state index contributed by atoms with van der Waals surface area (Å²) in [5.41, 5.74) is 0.674. The van der Waals surface area contributed by atoms with Crippen LogP contribution in [0.2, 0.25) is 0 Å². The second-order valence-corrected chi connectivity index (χ2v) is 5.50. The zero-order valence-electron chi connectivity index (χ0n) is 13.8. The van der Waals surface area contributed by atoms with Crippen molar-refractivity contribution in [3.63, 3.8) is 0 Å². The van der Waals surface area contributed by atoms with Gasteiger partial charge in [0.05, 0.1) is 5.69 Å². The summed E-state index contributed by atoms with van der Waals surface area (Å²) in [6.07, 6.45) is -2.75. The van der Waals surface area contributed by atoms with Crippen molar-refractivity contribution in [3.05, 3.63) is 41.2 Å². The van der Waals surface area contributed by atoms with E-state index in [1.807, 2.05) is 0 Å². The van der Waals surface area contributed by atoms with Crippen LogP contribution in [0.15, 0.2) is 24.3 Å². The number of aryl methyl sites for hydroxylation is 2. The van der Waals surface area contributed by atoms with Crippen LogP contribution in [-0.2, 0) is 4.79 Å². The average molecular weight is 359 g/mol. The summed E-state index contributed by atoms with van der Waals surface area (Å²) in [5, 5.41) is 6.17. The Balaban J connectivity index is 2.22. The van der Waals surface area contributed by atoms with Gasteiger partial charge in [0.1, 0.15) is 17.5 Å². The number of alkyl halides is 4. The SMILES string of the molecule is Cc1ccc(NC(=O)C(C)n2nc(C(F)F)cc2C)c(OC(F)F)c1. The summed E-state index contributed by atoms with van der Waals surface area (Å²) in [5.74, 6) is -0.781. The number of nitrogens with zero attached hydrogens (tertiary/aromatic N) is 2. The zero-order valence-corrected chi connectivity index (χ0v) is 13.8. The first kappa shape index (κ1) is 18.8. The molecule has 0 radical (unpaired) electrons. The minimum Gasteiger partial charge on any atom is -0.433 e. The lowest BCUT2D eigenvalue weighted by molar-refractivity contribution is -0.119. The van der Waals surface area contributed by atoms with Gasteiger partial charge in [-0.25, -0.2) is 8.78 Å². The minimum absolute atomic E-state index is 0.0571. The van der Waals surface area contributed by atoms with Gasteiger partial charge in [-0.1, -0.05) is 6.07 Å². The number of ether oxygens (including phenoxy) is 1. The van der Waals surface area contributed by atoms with Crippen LogP contribution >= 0.6 is 0 Å². The van der Waals surface area contributed by atoms with E-state index in [0.29, 0.717) is 11.3 Å². The zero-order chi connectivity index (χ0) is 18.7. The number of anilines is 1. The third kappa shape index (κ3) is 4.49. The molecule has 2 aromatic rings. The fraction of sp³-hybridized carbons (Fsp3) is 0.375. The molecule has 0 spiro atoms. The van der Waals surface area contributed by atoms with Gasteiger partial charge in [-0.05, 0) is 44.5 Å². The second-order valence-electron chi connectivity index (χ2n) is 5.50. The Bertz CT molecular complexity index is 762. The molecular formula is C16H17F4N3O2. The molecule has 25 heavy (non-hydrogen) atoms. The largest absolute Gasteiger partial charge is 0.433 e. The van der Waals surface area contributed by atoms with Crippen LogP contribution in [0.1, 0.15) is 36.3 Å². The van der Waals surface area contributed by atoms with Crippen LogP contribution in [0.5, 0.6) is 5.75 Å². The fourth-order valence-corrected chi connectivity index (χ4v) is 2.29. The average Bonchev–Trinajstić information content (AvgIpc) is 2.90. The summed E-state index contributed by atoms with van der Waals surface area (Å²) in [4.78, 5) is 12.4. The van der Waals surface area contributed by atoms with Gasteiger partial charge in [0.15, 0.2) is 0 Å². The molecule has 1 heterocycles. The van der Waals surface area contributed by atoms with Crippen LogP contribution < -0.4 is 10.1 Å². The van der Waals surface area contributed by atoms with Crippen LogP contribution in [0, 0.1) is 13.8 Å². The van der Waals surface area contributed by atoms with Crippen LogP contribution in [0.3, 0.4) is 0 Å². The first-order chi connectivity index (χ1) is 11.7. The van der Waals surface area contributed by atoms with E-state index in [9.17, 15) is 22.4 Å². The Morgan fingerprint density at radius 2 is 1.88 bits per heavy atom. The summed E-state index contributed by atoms with van der Waals surface area (Å²) in [6, 6.07) is 4.67. The van der Waals surface area contributed by atoms with Gasteiger partial charge in [0.25, 0.3) is 6.43 Å². The summed E-state index contributed by atoms with van der Waals surface area (Å²) >= 11 is 0. The van der Waals surface area contributed by atoms with Gasteiger partial charge >= 0.3 is 6.61 Å². The topological polar surface area (TPSA) is 56.2 Å². The van der Waals surface area contributed by atoms with Crippen LogP contribution in [-0.4, -0.2) is 22.3 Å². The molecule has 1 N–H and O–H groups in total. The van der Waals surface area contributed by atoms with Gasteiger partial charge in [0.2, 0.25) is 5.91 Å². The van der Waals surface area contributed by atoms with Crippen molar-refractivity contribution < 1.29 is 27.1 Å². The number of rotatable bonds is 6. The lowest BCUT2D eigenvalue weighted by Crippen LogP contribution is -2.25. The number of hydrogen-bond donors (Lipinski definition) is 1. The highest BCUT2D eigenvalue weighted by Gasteiger charge is 2.22. The smallest absolute Gasteiger partial charge is 0.387 e. The molecule has 5 nitrogen and oxygen atoms in total. The molecule has 0 saturated carbocycles. The first-order valence-electron chi connectivity index (χ1n) is 7.39. The molecule has 1 amide bonds. The predicted octanol–water partition coefficient (Wildman–Crippen LogP) is 4.24. The van der Waals surface area contributed by atoms with Gasteiger partial charge in [-0.2, -0.15) is 13.9 Å². The number of nitrogens with one attached hydrogen (secondary N) is 1. The molecule has 136 valence electrons. The lowest BCUT2D eigenvalue weighted by atomic mass is 10.2. The fourth-order valence-electron chi connectivity index (χ4n) is 2.29. The Kier molecular flexibility index (Phi) is 5.66. The molecule has 0 aliphatic heterocycles. The normalized spacial score (nSPS) is 12.5. The van der Waals surface area contributed by atoms with Crippen LogP contribution in [0.25, 0.3) is 0 Å². The third-order valence-corrected chi connectivity index (χ3v) is 3.52. The maximum atomic E-state index is 12.7. The maximum Gasteiger partial charge on any atom is 0.387 e. The van der Waals surface area contributed by atoms with E-state index in [1.165, 1.54) is 25.1 Å². The molecule has 9 heteroatoms. The highest BCUT2D eigenvalue weighted by molar-refractivity contribution is 5.94. The van der Waals surface area contributed by atoms with E-state index in [0.717, 1.165) is 4.68 Å². The Morgan fingerprint density at radius 3 is 2.44 bits per heavy atom. The highest BCUT2D eigenvalue weighted by atomic mass is 19.3. The first-order valence-corrected chi connectivity index (χ1v) is 7.39. The van der Waals surface area contributed by atoms with Crippen molar-refractivity contribution in [3.8, 4) is 5.75 Å². The number of hydrogen-bond acceptors (Lipinski definition) is 3. The van der Waals surface area contributed by atoms with Crippen molar-refractivity contribution >= 4 is 11.6 Å². The van der Waals surface area contributed by atoms with Crippen molar-refractivity contribution in [1.82, 2.24) is 9.78 Å². The van der Waals surface area contributed by atoms with E-state index in [4.69, 9.17) is 0 Å². The molecule has 1 aromatic carbocycles. The standard InChI is InChI=1S/C16H17F4N3O2/c1-8-4-5-11(13(6-8)25-16(19)20)21-15(24)10(3)23-9(2)7-12(22-23)14(17)18/h4-7,10,14,16H,1-3H3,(H,21,24). The molecule has 1 aromatic heterocycles. The van der Waals surface area contributed by atoms with Crippen LogP contribution in [0.4, 0.5) is 23.2 Å². The summed E-state index contributed by atoms with van der Waals surface area (Å²) in [6.45, 7) is 1.65. The highest BCUT2D eigenvalue weighted by Crippen LogP contribution is 2.28. The monoisotopic (exact) mass is 359 g/mol. The molecule has 0 bridgehead atoms. The molecule has 0 fully saturated rings. The number of amides is 1. The minimum atomic E-state index is -3.04. The van der Waals surface area contributed by atoms with E-state index < -0.39 is 30.7 Å². The number of carbonyl (C=O) groups excluding carboxylic acids is 1. The van der Waals surface area contributed by atoms with Crippen molar-refractivity contribution in [2.24, 2.45) is 0 Å². The van der Waals surface area contributed by atoms with Gasteiger partial charge in [0, 0.05) is 5.69 Å². The van der Waals surface area contributed by atoms with E-state index in [-0.39, 0.29) is 11.4 Å². The molecular weight excluding hydrogens is 342 g/mol. The van der Waals surface area contributed by atoms with Crippen molar-refractivity contribution in [2.75, 3.05) is 5.32 Å². The third-order valence-electron chi connectivity index (χ3n) is 3.52. The molecule has 0 aliphatic rings. The van der Waals surface area contributed by atoms with E-state index >= 15 is 0 Å². The molecule has 1 unspecified atom stereocenters. The second kappa shape index (κ2) is 7.54. The molecule has 2 rings (SSSR count). The quantitative estimate of drug-likeness (QED) is 0.785. The molecule has 0 aliphatic carbocycles. The number of halogens is 4. The van der Waals surface area contributed by atoms with Gasteiger partial charge in [-0.3, -0.25) is 9.48 Å². The Hall–Kier alpha value is -2.58. The lowest BCUT2D eigenvalue weighted by Gasteiger charge is -2.17. The summed E-state index contributed by atoms with van der Waals surface area (Å²) < 4.78 is 56.0. The Labute approximate surface area is 141 Å². The predicted molar refractivity (Wildman–Crippen MR) is 83.1 cm³/mol. The Morgan fingerprint density at radius 1 is 1.20 bits per heavy atom. The number of benzene rings is 1. The maximum absolute atomic E-state index is 12.7. The van der Waals surface area contributed by atoms with E-state index in [2.05, 4.69) is 15.2 Å². The van der Waals surface area contributed by atoms with Crippen molar-refractivity contribution in [2.45, 2.75) is 39.9 Å². The van der Waals surface area contributed by atoms with Gasteiger partial charge < -0.3 is 10.1 Å².